The molecule has 0 spiro atoms. The molecule has 0 atom stereocenters. The van der Waals surface area contributed by atoms with Crippen LogP contribution in [0.15, 0.2) is 53.0 Å². The largest absolute Gasteiger partial charge is 0.506 e. The third-order valence-electron chi connectivity index (χ3n) is 2.24. The van der Waals surface area contributed by atoms with Gasteiger partial charge < -0.3 is 10.4 Å². The van der Waals surface area contributed by atoms with E-state index in [0.717, 1.165) is 4.47 Å². The number of nitrogens with one attached hydrogen (secondary N) is 1. The second-order valence-electron chi connectivity index (χ2n) is 3.48. The molecule has 0 bridgehead atoms. The summed E-state index contributed by atoms with van der Waals surface area (Å²) in [5, 5.41) is 12.2. The predicted octanol–water partition coefficient (Wildman–Crippen LogP) is 3.41. The van der Waals surface area contributed by atoms with Crippen LogP contribution >= 0.6 is 15.9 Å². The molecule has 1 amide bonds. The number of hydrogen-bond acceptors (Lipinski definition) is 2. The van der Waals surface area contributed by atoms with Gasteiger partial charge in [-0.1, -0.05) is 34.1 Å². The molecule has 3 nitrogen and oxygen atoms in total. The number of carbonyl (C=O) groups is 1. The molecule has 4 heteroatoms. The molecule has 2 aromatic rings. The maximum atomic E-state index is 11.8. The van der Waals surface area contributed by atoms with E-state index in [0.29, 0.717) is 11.3 Å². The van der Waals surface area contributed by atoms with Crippen LogP contribution in [0, 0.1) is 0 Å². The summed E-state index contributed by atoms with van der Waals surface area (Å²) in [5.41, 5.74) is 0.931. The van der Waals surface area contributed by atoms with Gasteiger partial charge in [0.05, 0.1) is 5.69 Å². The zero-order valence-electron chi connectivity index (χ0n) is 8.85. The number of benzene rings is 2. The number of hydrogen-bond donors (Lipinski definition) is 2. The monoisotopic (exact) mass is 291 g/mol. The van der Waals surface area contributed by atoms with Gasteiger partial charge in [-0.25, -0.2) is 0 Å². The molecule has 0 aromatic heterocycles. The Balaban J connectivity index is 2.22. The molecule has 0 aliphatic rings. The third-order valence-corrected chi connectivity index (χ3v) is 2.74. The minimum Gasteiger partial charge on any atom is -0.506 e. The number of halogens is 1. The topological polar surface area (TPSA) is 49.3 Å². The highest BCUT2D eigenvalue weighted by Crippen LogP contribution is 2.27. The summed E-state index contributed by atoms with van der Waals surface area (Å²) in [6.07, 6.45) is 0. The van der Waals surface area contributed by atoms with E-state index in [4.69, 9.17) is 0 Å². The maximum Gasteiger partial charge on any atom is 0.255 e. The first-order valence-electron chi connectivity index (χ1n) is 5.02. The first-order chi connectivity index (χ1) is 8.16. The number of amides is 1. The van der Waals surface area contributed by atoms with Crippen LogP contribution in [0.25, 0.3) is 0 Å². The van der Waals surface area contributed by atoms with Gasteiger partial charge in [-0.3, -0.25) is 4.79 Å². The third kappa shape index (κ3) is 2.85. The Labute approximate surface area is 107 Å². The second kappa shape index (κ2) is 5.01. The number of aromatic hydroxyl groups is 1. The van der Waals surface area contributed by atoms with Crippen molar-refractivity contribution in [3.8, 4) is 5.75 Å². The molecule has 2 N–H and O–H groups in total. The van der Waals surface area contributed by atoms with Crippen molar-refractivity contribution in [1.82, 2.24) is 0 Å². The Morgan fingerprint density at radius 1 is 1.12 bits per heavy atom. The van der Waals surface area contributed by atoms with Crippen molar-refractivity contribution >= 4 is 27.5 Å². The van der Waals surface area contributed by atoms with Crippen LogP contribution in [-0.4, -0.2) is 11.0 Å². The van der Waals surface area contributed by atoms with Gasteiger partial charge in [0.25, 0.3) is 5.91 Å². The fraction of sp³-hybridized carbons (Fsp3) is 0. The molecule has 17 heavy (non-hydrogen) atoms. The van der Waals surface area contributed by atoms with Crippen molar-refractivity contribution in [2.75, 3.05) is 5.32 Å². The van der Waals surface area contributed by atoms with E-state index >= 15 is 0 Å². The van der Waals surface area contributed by atoms with E-state index < -0.39 is 0 Å². The molecule has 0 aliphatic carbocycles. The summed E-state index contributed by atoms with van der Waals surface area (Å²) in [4.78, 5) is 11.8. The smallest absolute Gasteiger partial charge is 0.255 e. The molecule has 2 rings (SSSR count). The molecule has 0 unspecified atom stereocenters. The van der Waals surface area contributed by atoms with Gasteiger partial charge in [-0.05, 0) is 30.3 Å². The summed E-state index contributed by atoms with van der Waals surface area (Å²) in [7, 11) is 0. The number of phenolic OH excluding ortho intramolecular Hbond substituents is 1. The minimum atomic E-state index is -0.251. The number of carbonyl (C=O) groups excluding carboxylic acids is 1. The van der Waals surface area contributed by atoms with Crippen LogP contribution in [0.5, 0.6) is 5.75 Å². The zero-order valence-corrected chi connectivity index (χ0v) is 10.4. The molecule has 2 aromatic carbocycles. The Morgan fingerprint density at radius 2 is 1.82 bits per heavy atom. The SMILES string of the molecule is O=C(Nc1cc(Br)ccc1O)c1ccccc1. The highest BCUT2D eigenvalue weighted by Gasteiger charge is 2.08. The van der Waals surface area contributed by atoms with Crippen molar-refractivity contribution < 1.29 is 9.90 Å². The van der Waals surface area contributed by atoms with E-state index in [2.05, 4.69) is 21.2 Å². The molecule has 0 aliphatic heterocycles. The van der Waals surface area contributed by atoms with E-state index in [9.17, 15) is 9.90 Å². The van der Waals surface area contributed by atoms with Gasteiger partial charge in [-0.15, -0.1) is 0 Å². The van der Waals surface area contributed by atoms with Crippen molar-refractivity contribution in [2.24, 2.45) is 0 Å². The molecule has 0 fully saturated rings. The van der Waals surface area contributed by atoms with Crippen LogP contribution in [0.2, 0.25) is 0 Å². The van der Waals surface area contributed by atoms with Gasteiger partial charge in [0.2, 0.25) is 0 Å². The molecular formula is C13H10BrNO2. The molecule has 0 heterocycles. The van der Waals surface area contributed by atoms with Gasteiger partial charge >= 0.3 is 0 Å². The summed E-state index contributed by atoms with van der Waals surface area (Å²) >= 11 is 3.28. The fourth-order valence-electron chi connectivity index (χ4n) is 1.39. The lowest BCUT2D eigenvalue weighted by molar-refractivity contribution is 0.102. The summed E-state index contributed by atoms with van der Waals surface area (Å²) in [5.74, 6) is -0.212. The Bertz CT molecular complexity index is 540. The first-order valence-corrected chi connectivity index (χ1v) is 5.81. The van der Waals surface area contributed by atoms with Crippen LogP contribution in [0.1, 0.15) is 10.4 Å². The van der Waals surface area contributed by atoms with Crippen LogP contribution in [-0.2, 0) is 0 Å². The molecule has 0 saturated carbocycles. The van der Waals surface area contributed by atoms with Crippen molar-refractivity contribution in [3.63, 3.8) is 0 Å². The van der Waals surface area contributed by atoms with Crippen LogP contribution in [0.4, 0.5) is 5.69 Å². The lowest BCUT2D eigenvalue weighted by Gasteiger charge is -2.07. The number of phenols is 1. The Kier molecular flexibility index (Phi) is 3.44. The Hall–Kier alpha value is -1.81. The zero-order chi connectivity index (χ0) is 12.3. The highest BCUT2D eigenvalue weighted by atomic mass is 79.9. The van der Waals surface area contributed by atoms with E-state index in [1.807, 2.05) is 6.07 Å². The first kappa shape index (κ1) is 11.7. The highest BCUT2D eigenvalue weighted by molar-refractivity contribution is 9.10. The van der Waals surface area contributed by atoms with Crippen molar-refractivity contribution in [3.05, 3.63) is 58.6 Å². The molecule has 86 valence electrons. The van der Waals surface area contributed by atoms with Crippen LogP contribution < -0.4 is 5.32 Å². The van der Waals surface area contributed by atoms with Gasteiger partial charge in [0.15, 0.2) is 0 Å². The summed E-state index contributed by atoms with van der Waals surface area (Å²) in [6.45, 7) is 0. The number of anilines is 1. The van der Waals surface area contributed by atoms with E-state index in [1.54, 1.807) is 36.4 Å². The van der Waals surface area contributed by atoms with Gasteiger partial charge in [0, 0.05) is 10.0 Å². The normalized spacial score (nSPS) is 9.94. The predicted molar refractivity (Wildman–Crippen MR) is 70.2 cm³/mol. The van der Waals surface area contributed by atoms with Crippen molar-refractivity contribution in [1.29, 1.82) is 0 Å². The van der Waals surface area contributed by atoms with Gasteiger partial charge in [0.1, 0.15) is 5.75 Å². The summed E-state index contributed by atoms with van der Waals surface area (Å²) in [6, 6.07) is 13.7. The van der Waals surface area contributed by atoms with Crippen LogP contribution in [0.3, 0.4) is 0 Å². The average Bonchev–Trinajstić information content (AvgIpc) is 2.35. The lowest BCUT2D eigenvalue weighted by Crippen LogP contribution is -2.11. The fourth-order valence-corrected chi connectivity index (χ4v) is 1.75. The van der Waals surface area contributed by atoms with Crippen molar-refractivity contribution in [2.45, 2.75) is 0 Å². The second-order valence-corrected chi connectivity index (χ2v) is 4.40. The standard InChI is InChI=1S/C13H10BrNO2/c14-10-6-7-12(16)11(8-10)15-13(17)9-4-2-1-3-5-9/h1-8,16H,(H,15,17). The summed E-state index contributed by atoms with van der Waals surface area (Å²) < 4.78 is 0.790. The van der Waals surface area contributed by atoms with Gasteiger partial charge in [-0.2, -0.15) is 0 Å². The molecule has 0 saturated heterocycles. The quantitative estimate of drug-likeness (QED) is 0.833. The average molecular weight is 292 g/mol. The Morgan fingerprint density at radius 3 is 2.53 bits per heavy atom. The molecule has 0 radical (unpaired) electrons. The van der Waals surface area contributed by atoms with E-state index in [-0.39, 0.29) is 11.7 Å². The van der Waals surface area contributed by atoms with E-state index in [1.165, 1.54) is 6.07 Å². The maximum absolute atomic E-state index is 11.8. The molecular weight excluding hydrogens is 282 g/mol. The lowest BCUT2D eigenvalue weighted by atomic mass is 10.2. The minimum absolute atomic E-state index is 0.0393. The number of rotatable bonds is 2.